The average molecular weight is 415 g/mol. The summed E-state index contributed by atoms with van der Waals surface area (Å²) in [5, 5.41) is 1.33. The Morgan fingerprint density at radius 3 is 2.28 bits per heavy atom. The lowest BCUT2D eigenvalue weighted by atomic mass is 9.86. The number of thioether (sulfide) groups is 1. The largest absolute Gasteiger partial charge is 1.00 e. The Hall–Kier alpha value is -1.52. The first-order valence-corrected chi connectivity index (χ1v) is 9.47. The number of nitrogens with zero attached hydrogens (tertiary/aromatic N) is 2. The van der Waals surface area contributed by atoms with Gasteiger partial charge in [-0.05, 0) is 34.9 Å². The van der Waals surface area contributed by atoms with Crippen LogP contribution >= 0.6 is 11.8 Å². The number of rotatable bonds is 2. The van der Waals surface area contributed by atoms with Crippen molar-refractivity contribution in [2.45, 2.75) is 37.9 Å². The van der Waals surface area contributed by atoms with E-state index in [2.05, 4.69) is 90.7 Å². The van der Waals surface area contributed by atoms with Crippen LogP contribution in [0.2, 0.25) is 0 Å². The van der Waals surface area contributed by atoms with Gasteiger partial charge in [0.25, 0.3) is 0 Å². The van der Waals surface area contributed by atoms with Crippen LogP contribution in [0.25, 0.3) is 16.9 Å². The van der Waals surface area contributed by atoms with Crippen molar-refractivity contribution in [3.05, 3.63) is 66.4 Å². The molecule has 0 fully saturated rings. The van der Waals surface area contributed by atoms with Crippen molar-refractivity contribution < 1.29 is 21.5 Å². The molecule has 2 heterocycles. The summed E-state index contributed by atoms with van der Waals surface area (Å²) in [6.07, 6.45) is 2.28. The average Bonchev–Trinajstić information content (AvgIpc) is 3.17. The second kappa shape index (κ2) is 7.00. The molecule has 1 aromatic heterocycles. The fourth-order valence-electron chi connectivity index (χ4n) is 3.22. The van der Waals surface area contributed by atoms with Crippen molar-refractivity contribution >= 4 is 11.8 Å². The normalized spacial score (nSPS) is 13.4. The van der Waals surface area contributed by atoms with Crippen molar-refractivity contribution in [2.75, 3.05) is 5.75 Å². The molecule has 0 atom stereocenters. The van der Waals surface area contributed by atoms with Crippen molar-refractivity contribution in [1.29, 1.82) is 0 Å². The van der Waals surface area contributed by atoms with E-state index in [0.717, 1.165) is 12.3 Å². The Labute approximate surface area is 164 Å². The number of imidazole rings is 1. The zero-order chi connectivity index (χ0) is 16.7. The summed E-state index contributed by atoms with van der Waals surface area (Å²) >= 11 is 1.94. The van der Waals surface area contributed by atoms with Gasteiger partial charge in [0, 0.05) is 11.3 Å². The molecule has 1 aliphatic heterocycles. The maximum atomic E-state index is 2.45. The molecule has 0 saturated carbocycles. The van der Waals surface area contributed by atoms with E-state index < -0.39 is 0 Å². The molecule has 0 amide bonds. The van der Waals surface area contributed by atoms with Gasteiger partial charge in [0.15, 0.2) is 5.69 Å². The Morgan fingerprint density at radius 2 is 1.64 bits per heavy atom. The van der Waals surface area contributed by atoms with Gasteiger partial charge < -0.3 is 17.0 Å². The van der Waals surface area contributed by atoms with E-state index in [0.29, 0.717) is 0 Å². The van der Waals surface area contributed by atoms with Crippen LogP contribution in [0.4, 0.5) is 0 Å². The number of fused-ring (bicyclic) bond motifs is 1. The van der Waals surface area contributed by atoms with E-state index in [1.165, 1.54) is 27.7 Å². The van der Waals surface area contributed by atoms with Gasteiger partial charge in [0.1, 0.15) is 18.4 Å². The summed E-state index contributed by atoms with van der Waals surface area (Å²) in [6.45, 7) is 7.86. The molecule has 1 aliphatic rings. The summed E-state index contributed by atoms with van der Waals surface area (Å²) in [5.41, 5.74) is 5.40. The summed E-state index contributed by atoms with van der Waals surface area (Å²) in [5.74, 6) is 1.15. The van der Waals surface area contributed by atoms with Crippen LogP contribution in [-0.2, 0) is 12.0 Å². The highest BCUT2D eigenvalue weighted by Crippen LogP contribution is 2.30. The number of hydrogen-bond donors (Lipinski definition) is 0. The molecule has 4 heteroatoms. The van der Waals surface area contributed by atoms with Crippen LogP contribution in [0.3, 0.4) is 0 Å². The fraction of sp³-hybridized carbons (Fsp3) is 0.286. The summed E-state index contributed by atoms with van der Waals surface area (Å²) in [6, 6.07) is 19.7. The van der Waals surface area contributed by atoms with Gasteiger partial charge in [-0.2, -0.15) is 4.57 Å². The standard InChI is InChI=1S/C21H23N2S.BrH/c1-21(2,3)17-11-9-16(10-12-17)19-15-23(18-7-5-4-6-8-18)20-22(19)13-14-24-20;/h4-12,15H,13-14H2,1-3H3;1H/q+1;/p-1. The Bertz CT molecular complexity index is 861. The molecular weight excluding hydrogens is 392 g/mol. The Morgan fingerprint density at radius 1 is 0.960 bits per heavy atom. The van der Waals surface area contributed by atoms with Gasteiger partial charge in [-0.15, -0.1) is 0 Å². The highest BCUT2D eigenvalue weighted by molar-refractivity contribution is 7.99. The fourth-order valence-corrected chi connectivity index (χ4v) is 4.32. The lowest BCUT2D eigenvalue weighted by Crippen LogP contribution is -3.00. The SMILES string of the molecule is CC(C)(C)c1ccc(-c2cn(-c3ccccc3)c3[n+]2CCS3)cc1.[Br-]. The number of hydrogen-bond acceptors (Lipinski definition) is 1. The molecule has 2 nitrogen and oxygen atoms in total. The third-order valence-electron chi connectivity index (χ3n) is 4.61. The highest BCUT2D eigenvalue weighted by Gasteiger charge is 2.30. The molecule has 0 unspecified atom stereocenters. The van der Waals surface area contributed by atoms with Crippen LogP contribution < -0.4 is 21.5 Å². The molecule has 0 bridgehead atoms. The first kappa shape index (κ1) is 18.3. The van der Waals surface area contributed by atoms with Crippen molar-refractivity contribution in [3.8, 4) is 16.9 Å². The predicted octanol–water partition coefficient (Wildman–Crippen LogP) is 1.84. The molecular formula is C21H23BrN2S. The van der Waals surface area contributed by atoms with Crippen LogP contribution in [0, 0.1) is 0 Å². The van der Waals surface area contributed by atoms with Gasteiger partial charge in [0.05, 0.1) is 0 Å². The lowest BCUT2D eigenvalue weighted by Gasteiger charge is -2.18. The highest BCUT2D eigenvalue weighted by atomic mass is 79.9. The van der Waals surface area contributed by atoms with Crippen LogP contribution in [0.1, 0.15) is 26.3 Å². The van der Waals surface area contributed by atoms with Gasteiger partial charge >= 0.3 is 5.16 Å². The second-order valence-corrected chi connectivity index (χ2v) is 8.39. The van der Waals surface area contributed by atoms with E-state index in [-0.39, 0.29) is 22.4 Å². The minimum atomic E-state index is 0. The van der Waals surface area contributed by atoms with E-state index in [1.807, 2.05) is 11.8 Å². The Balaban J connectivity index is 0.00000182. The summed E-state index contributed by atoms with van der Waals surface area (Å²) in [7, 11) is 0. The number of halogens is 1. The predicted molar refractivity (Wildman–Crippen MR) is 101 cm³/mol. The number of benzene rings is 2. The van der Waals surface area contributed by atoms with Gasteiger partial charge in [0.2, 0.25) is 0 Å². The van der Waals surface area contributed by atoms with E-state index >= 15 is 0 Å². The first-order chi connectivity index (χ1) is 11.5. The molecule has 25 heavy (non-hydrogen) atoms. The smallest absolute Gasteiger partial charge is 0.323 e. The molecule has 2 aromatic carbocycles. The molecule has 4 rings (SSSR count). The van der Waals surface area contributed by atoms with Gasteiger partial charge in [-0.3, -0.25) is 0 Å². The minimum Gasteiger partial charge on any atom is -1.00 e. The van der Waals surface area contributed by atoms with Crippen molar-refractivity contribution in [1.82, 2.24) is 4.57 Å². The first-order valence-electron chi connectivity index (χ1n) is 8.48. The molecule has 0 radical (unpaired) electrons. The van der Waals surface area contributed by atoms with Gasteiger partial charge in [-0.25, -0.2) is 4.57 Å². The van der Waals surface area contributed by atoms with Crippen LogP contribution in [0.15, 0.2) is 66.0 Å². The molecule has 0 spiro atoms. The molecule has 0 N–H and O–H groups in total. The third-order valence-corrected chi connectivity index (χ3v) is 5.67. The monoisotopic (exact) mass is 414 g/mol. The van der Waals surface area contributed by atoms with Crippen molar-refractivity contribution in [3.63, 3.8) is 0 Å². The Kier molecular flexibility index (Phi) is 5.12. The topological polar surface area (TPSA) is 8.81 Å². The quantitative estimate of drug-likeness (QED) is 0.581. The summed E-state index contributed by atoms with van der Waals surface area (Å²) in [4.78, 5) is 0. The van der Waals surface area contributed by atoms with Crippen LogP contribution in [-0.4, -0.2) is 10.3 Å². The van der Waals surface area contributed by atoms with Crippen LogP contribution in [0.5, 0.6) is 0 Å². The zero-order valence-corrected chi connectivity index (χ0v) is 17.3. The maximum absolute atomic E-state index is 2.45. The second-order valence-electron chi connectivity index (χ2n) is 7.33. The zero-order valence-electron chi connectivity index (χ0n) is 14.9. The van der Waals surface area contributed by atoms with Crippen molar-refractivity contribution in [2.24, 2.45) is 0 Å². The molecule has 130 valence electrons. The van der Waals surface area contributed by atoms with E-state index in [4.69, 9.17) is 0 Å². The summed E-state index contributed by atoms with van der Waals surface area (Å²) < 4.78 is 4.77. The van der Waals surface area contributed by atoms with E-state index in [1.54, 1.807) is 0 Å². The van der Waals surface area contributed by atoms with Gasteiger partial charge in [-0.1, -0.05) is 63.2 Å². The molecule has 3 aromatic rings. The van der Waals surface area contributed by atoms with E-state index in [9.17, 15) is 0 Å². The maximum Gasteiger partial charge on any atom is 0.323 e. The minimum absolute atomic E-state index is 0. The molecule has 0 saturated heterocycles. The number of aromatic nitrogens is 2. The molecule has 0 aliphatic carbocycles. The number of para-hydroxylation sites is 1. The third kappa shape index (κ3) is 3.42. The lowest BCUT2D eigenvalue weighted by molar-refractivity contribution is -0.713.